The molecule has 1 rings (SSSR count). The molecule has 2 N–H and O–H groups in total. The van der Waals surface area contributed by atoms with Gasteiger partial charge in [-0.05, 0) is 43.5 Å². The van der Waals surface area contributed by atoms with Crippen LogP contribution in [0.1, 0.15) is 24.8 Å². The second-order valence-corrected chi connectivity index (χ2v) is 4.19. The van der Waals surface area contributed by atoms with E-state index in [9.17, 15) is 4.79 Å². The summed E-state index contributed by atoms with van der Waals surface area (Å²) in [5.41, 5.74) is 2.59. The number of rotatable bonds is 6. The van der Waals surface area contributed by atoms with Gasteiger partial charge in [-0.1, -0.05) is 11.6 Å². The lowest BCUT2D eigenvalue weighted by atomic mass is 10.2. The maximum absolute atomic E-state index is 10.7. The molecule has 0 radical (unpaired) electrons. The van der Waals surface area contributed by atoms with Crippen molar-refractivity contribution in [3.63, 3.8) is 0 Å². The van der Waals surface area contributed by atoms with E-state index in [4.69, 9.17) is 21.5 Å². The number of carbonyl (C=O) groups excluding carboxylic acids is 1. The lowest BCUT2D eigenvalue weighted by Crippen LogP contribution is -2.18. The number of carbonyl (C=O) groups is 1. The molecule has 0 aliphatic rings. The Labute approximate surface area is 105 Å². The molecular formula is C12H16ClNO3. The van der Waals surface area contributed by atoms with Gasteiger partial charge in [0.15, 0.2) is 0 Å². The number of hydrogen-bond donors (Lipinski definition) is 2. The molecule has 17 heavy (non-hydrogen) atoms. The summed E-state index contributed by atoms with van der Waals surface area (Å²) < 4.78 is 5.55. The Morgan fingerprint density at radius 3 is 2.88 bits per heavy atom. The van der Waals surface area contributed by atoms with E-state index in [1.807, 2.05) is 19.1 Å². The molecule has 0 spiro atoms. The second kappa shape index (κ2) is 7.14. The fraction of sp³-hybridized carbons (Fsp3) is 0.417. The van der Waals surface area contributed by atoms with Crippen molar-refractivity contribution in [2.75, 3.05) is 6.61 Å². The van der Waals surface area contributed by atoms with Crippen molar-refractivity contribution in [2.24, 2.45) is 0 Å². The number of aryl methyl sites for hydroxylation is 1. The van der Waals surface area contributed by atoms with Crippen LogP contribution >= 0.6 is 11.6 Å². The first-order valence-electron chi connectivity index (χ1n) is 5.45. The smallest absolute Gasteiger partial charge is 0.243 e. The normalized spacial score (nSPS) is 10.1. The van der Waals surface area contributed by atoms with E-state index in [1.165, 1.54) is 0 Å². The van der Waals surface area contributed by atoms with Gasteiger partial charge in [0.1, 0.15) is 5.75 Å². The number of ether oxygens (including phenoxy) is 1. The molecule has 94 valence electrons. The van der Waals surface area contributed by atoms with Crippen LogP contribution in [0.3, 0.4) is 0 Å². The van der Waals surface area contributed by atoms with E-state index in [-0.39, 0.29) is 5.91 Å². The monoisotopic (exact) mass is 257 g/mol. The van der Waals surface area contributed by atoms with Gasteiger partial charge in [-0.15, -0.1) is 0 Å². The average Bonchev–Trinajstić information content (AvgIpc) is 2.30. The van der Waals surface area contributed by atoms with Crippen molar-refractivity contribution >= 4 is 17.5 Å². The quantitative estimate of drug-likeness (QED) is 0.468. The fourth-order valence-corrected chi connectivity index (χ4v) is 1.63. The predicted molar refractivity (Wildman–Crippen MR) is 65.5 cm³/mol. The van der Waals surface area contributed by atoms with Crippen LogP contribution in [0.5, 0.6) is 5.75 Å². The Morgan fingerprint density at radius 2 is 2.24 bits per heavy atom. The van der Waals surface area contributed by atoms with E-state index >= 15 is 0 Å². The summed E-state index contributed by atoms with van der Waals surface area (Å²) in [6.07, 6.45) is 1.74. The van der Waals surface area contributed by atoms with Gasteiger partial charge in [0.05, 0.1) is 6.61 Å². The van der Waals surface area contributed by atoms with Gasteiger partial charge in [0.25, 0.3) is 0 Å². The third-order valence-corrected chi connectivity index (χ3v) is 2.55. The van der Waals surface area contributed by atoms with E-state index in [0.717, 1.165) is 17.7 Å². The molecule has 0 saturated carbocycles. The van der Waals surface area contributed by atoms with Crippen LogP contribution in [-0.2, 0) is 4.79 Å². The highest BCUT2D eigenvalue weighted by Gasteiger charge is 2.01. The molecule has 5 heteroatoms. The summed E-state index contributed by atoms with van der Waals surface area (Å²) in [5, 5.41) is 8.98. The standard InChI is InChI=1S/C12H16ClNO3/c1-9-8-10(13)5-6-11(9)17-7-3-2-4-12(15)14-16/h5-6,8,16H,2-4,7H2,1H3,(H,14,15). The van der Waals surface area contributed by atoms with Crippen molar-refractivity contribution in [1.82, 2.24) is 5.48 Å². The van der Waals surface area contributed by atoms with Crippen LogP contribution in [0.25, 0.3) is 0 Å². The SMILES string of the molecule is Cc1cc(Cl)ccc1OCCCCC(=O)NO. The van der Waals surface area contributed by atoms with Crippen LogP contribution in [-0.4, -0.2) is 17.7 Å². The summed E-state index contributed by atoms with van der Waals surface area (Å²) in [6, 6.07) is 5.46. The number of halogens is 1. The minimum atomic E-state index is -0.368. The Bertz CT molecular complexity index is 382. The first-order chi connectivity index (χ1) is 8.13. The lowest BCUT2D eigenvalue weighted by molar-refractivity contribution is -0.129. The molecule has 0 aliphatic carbocycles. The Morgan fingerprint density at radius 1 is 1.47 bits per heavy atom. The minimum absolute atomic E-state index is 0.305. The van der Waals surface area contributed by atoms with Crippen LogP contribution in [0.4, 0.5) is 0 Å². The number of nitrogens with one attached hydrogen (secondary N) is 1. The van der Waals surface area contributed by atoms with Gasteiger partial charge in [-0.2, -0.15) is 0 Å². The van der Waals surface area contributed by atoms with Crippen LogP contribution in [0.2, 0.25) is 5.02 Å². The molecule has 0 fully saturated rings. The highest BCUT2D eigenvalue weighted by Crippen LogP contribution is 2.21. The predicted octanol–water partition coefficient (Wildman–Crippen LogP) is 2.70. The fourth-order valence-electron chi connectivity index (χ4n) is 1.40. The van der Waals surface area contributed by atoms with E-state index in [2.05, 4.69) is 0 Å². The third kappa shape index (κ3) is 5.06. The van der Waals surface area contributed by atoms with Crippen LogP contribution < -0.4 is 10.2 Å². The highest BCUT2D eigenvalue weighted by molar-refractivity contribution is 6.30. The van der Waals surface area contributed by atoms with Gasteiger partial charge in [0, 0.05) is 11.4 Å². The van der Waals surface area contributed by atoms with Gasteiger partial charge in [-0.25, -0.2) is 5.48 Å². The van der Waals surface area contributed by atoms with Crippen molar-refractivity contribution in [3.05, 3.63) is 28.8 Å². The number of hydrogen-bond acceptors (Lipinski definition) is 3. The minimum Gasteiger partial charge on any atom is -0.493 e. The van der Waals surface area contributed by atoms with Gasteiger partial charge >= 0.3 is 0 Å². The van der Waals surface area contributed by atoms with E-state index in [0.29, 0.717) is 24.5 Å². The largest absolute Gasteiger partial charge is 0.493 e. The van der Waals surface area contributed by atoms with Gasteiger partial charge < -0.3 is 4.74 Å². The molecular weight excluding hydrogens is 242 g/mol. The van der Waals surface area contributed by atoms with Gasteiger partial charge in [-0.3, -0.25) is 10.0 Å². The molecule has 0 atom stereocenters. The van der Waals surface area contributed by atoms with E-state index < -0.39 is 0 Å². The molecule has 0 aromatic heterocycles. The Hall–Kier alpha value is -1.26. The summed E-state index contributed by atoms with van der Waals surface area (Å²) in [7, 11) is 0. The molecule has 1 aromatic rings. The molecule has 0 heterocycles. The number of amides is 1. The van der Waals surface area contributed by atoms with Crippen LogP contribution in [0.15, 0.2) is 18.2 Å². The molecule has 1 aromatic carbocycles. The number of benzene rings is 1. The summed E-state index contributed by atoms with van der Waals surface area (Å²) >= 11 is 5.83. The van der Waals surface area contributed by atoms with Crippen molar-refractivity contribution in [2.45, 2.75) is 26.2 Å². The highest BCUT2D eigenvalue weighted by atomic mass is 35.5. The number of hydroxylamine groups is 1. The summed E-state index contributed by atoms with van der Waals surface area (Å²) in [6.45, 7) is 2.47. The summed E-state index contributed by atoms with van der Waals surface area (Å²) in [4.78, 5) is 10.7. The molecule has 0 bridgehead atoms. The topological polar surface area (TPSA) is 58.6 Å². The average molecular weight is 258 g/mol. The Balaban J connectivity index is 2.24. The zero-order valence-electron chi connectivity index (χ0n) is 9.70. The molecule has 0 saturated heterocycles. The van der Waals surface area contributed by atoms with Gasteiger partial charge in [0.2, 0.25) is 5.91 Å². The molecule has 0 unspecified atom stereocenters. The van der Waals surface area contributed by atoms with E-state index in [1.54, 1.807) is 11.5 Å². The number of unbranched alkanes of at least 4 members (excludes halogenated alkanes) is 1. The molecule has 0 aliphatic heterocycles. The van der Waals surface area contributed by atoms with Crippen molar-refractivity contribution in [3.8, 4) is 5.75 Å². The summed E-state index contributed by atoms with van der Waals surface area (Å²) in [5.74, 6) is 0.439. The molecule has 4 nitrogen and oxygen atoms in total. The zero-order chi connectivity index (χ0) is 12.7. The lowest BCUT2D eigenvalue weighted by Gasteiger charge is -2.08. The van der Waals surface area contributed by atoms with Crippen molar-refractivity contribution in [1.29, 1.82) is 0 Å². The first kappa shape index (κ1) is 13.8. The Kier molecular flexibility index (Phi) is 5.80. The van der Waals surface area contributed by atoms with Crippen molar-refractivity contribution < 1.29 is 14.7 Å². The third-order valence-electron chi connectivity index (χ3n) is 2.32. The zero-order valence-corrected chi connectivity index (χ0v) is 10.5. The van der Waals surface area contributed by atoms with Crippen LogP contribution in [0, 0.1) is 6.92 Å². The maximum atomic E-state index is 10.7. The second-order valence-electron chi connectivity index (χ2n) is 3.75. The first-order valence-corrected chi connectivity index (χ1v) is 5.83. The maximum Gasteiger partial charge on any atom is 0.243 e. The molecule has 1 amide bonds.